The van der Waals surface area contributed by atoms with Crippen molar-refractivity contribution in [1.29, 1.82) is 0 Å². The Morgan fingerprint density at radius 3 is 2.80 bits per heavy atom. The quantitative estimate of drug-likeness (QED) is 0.850. The van der Waals surface area contributed by atoms with Crippen LogP contribution >= 0.6 is 0 Å². The lowest BCUT2D eigenvalue weighted by molar-refractivity contribution is 0.174. The van der Waals surface area contributed by atoms with Gasteiger partial charge in [-0.25, -0.2) is 8.42 Å². The zero-order valence-corrected chi connectivity index (χ0v) is 14.5. The number of rotatable bonds is 4. The maximum Gasteiger partial charge on any atom is 0.243 e. The van der Waals surface area contributed by atoms with Gasteiger partial charge in [-0.3, -0.25) is 4.68 Å². The lowest BCUT2D eigenvalue weighted by atomic mass is 9.92. The molecule has 25 heavy (non-hydrogen) atoms. The molecular formula is C16H19N3O5S. The van der Waals surface area contributed by atoms with E-state index in [-0.39, 0.29) is 36.7 Å². The standard InChI is InChI=1S/C16H19N3O5S/c1-18-6-11(5-17-18)14-8-19(7-12(14)9-20)25(21,22)13-2-3-15-16(4-13)24-10-23-15/h2-6,12,14,20H,7-10H2,1H3/t12-,14-/m0/s1. The van der Waals surface area contributed by atoms with Gasteiger partial charge in [0.05, 0.1) is 11.1 Å². The molecule has 2 aromatic rings. The molecule has 3 heterocycles. The molecule has 0 saturated carbocycles. The van der Waals surface area contributed by atoms with Crippen molar-refractivity contribution in [3.05, 3.63) is 36.2 Å². The van der Waals surface area contributed by atoms with E-state index >= 15 is 0 Å². The van der Waals surface area contributed by atoms with Crippen LogP contribution in [-0.4, -0.2) is 54.1 Å². The van der Waals surface area contributed by atoms with Gasteiger partial charge in [0.25, 0.3) is 0 Å². The predicted molar refractivity (Wildman–Crippen MR) is 87.8 cm³/mol. The first-order valence-corrected chi connectivity index (χ1v) is 9.42. The molecule has 0 unspecified atom stereocenters. The Morgan fingerprint density at radius 2 is 2.08 bits per heavy atom. The maximum absolute atomic E-state index is 13.0. The highest BCUT2D eigenvalue weighted by Gasteiger charge is 2.40. The largest absolute Gasteiger partial charge is 0.454 e. The van der Waals surface area contributed by atoms with Gasteiger partial charge in [-0.1, -0.05) is 0 Å². The highest BCUT2D eigenvalue weighted by atomic mass is 32.2. The summed E-state index contributed by atoms with van der Waals surface area (Å²) >= 11 is 0. The molecule has 0 bridgehead atoms. The fraction of sp³-hybridized carbons (Fsp3) is 0.438. The average Bonchev–Trinajstić information content (AvgIpc) is 3.32. The molecule has 2 atom stereocenters. The number of aliphatic hydroxyl groups excluding tert-OH is 1. The second-order valence-electron chi connectivity index (χ2n) is 6.33. The van der Waals surface area contributed by atoms with Crippen molar-refractivity contribution in [2.75, 3.05) is 26.5 Å². The van der Waals surface area contributed by atoms with Crippen LogP contribution < -0.4 is 9.47 Å². The van der Waals surface area contributed by atoms with Crippen LogP contribution in [0.25, 0.3) is 0 Å². The van der Waals surface area contributed by atoms with Gasteiger partial charge in [-0.2, -0.15) is 9.40 Å². The Balaban J connectivity index is 1.62. The molecule has 8 nitrogen and oxygen atoms in total. The van der Waals surface area contributed by atoms with Crippen LogP contribution in [0, 0.1) is 5.92 Å². The number of nitrogens with zero attached hydrogens (tertiary/aromatic N) is 3. The minimum absolute atomic E-state index is 0.0767. The number of ether oxygens (including phenoxy) is 2. The van der Waals surface area contributed by atoms with E-state index in [4.69, 9.17) is 9.47 Å². The van der Waals surface area contributed by atoms with Crippen molar-refractivity contribution in [2.24, 2.45) is 13.0 Å². The van der Waals surface area contributed by atoms with Crippen LogP contribution in [0.3, 0.4) is 0 Å². The Labute approximate surface area is 145 Å². The van der Waals surface area contributed by atoms with E-state index in [1.54, 1.807) is 16.9 Å². The molecule has 1 fully saturated rings. The first kappa shape index (κ1) is 16.4. The van der Waals surface area contributed by atoms with Gasteiger partial charge in [0.15, 0.2) is 11.5 Å². The van der Waals surface area contributed by atoms with E-state index in [1.165, 1.54) is 16.4 Å². The van der Waals surface area contributed by atoms with Crippen molar-refractivity contribution < 1.29 is 23.0 Å². The summed E-state index contributed by atoms with van der Waals surface area (Å²) in [7, 11) is -1.86. The third-order valence-electron chi connectivity index (χ3n) is 4.78. The first-order valence-electron chi connectivity index (χ1n) is 7.98. The van der Waals surface area contributed by atoms with E-state index in [9.17, 15) is 13.5 Å². The lowest BCUT2D eigenvalue weighted by Gasteiger charge is -2.16. The zero-order valence-electron chi connectivity index (χ0n) is 13.7. The van der Waals surface area contributed by atoms with Crippen LogP contribution in [0.5, 0.6) is 11.5 Å². The van der Waals surface area contributed by atoms with Gasteiger partial charge in [0, 0.05) is 50.8 Å². The fourth-order valence-electron chi connectivity index (χ4n) is 3.41. The average molecular weight is 365 g/mol. The van der Waals surface area contributed by atoms with E-state index in [0.29, 0.717) is 18.0 Å². The Bertz CT molecular complexity index is 895. The molecule has 1 saturated heterocycles. The molecule has 0 amide bonds. The topological polar surface area (TPSA) is 93.9 Å². The minimum Gasteiger partial charge on any atom is -0.454 e. The molecule has 1 N–H and O–H groups in total. The minimum atomic E-state index is -3.68. The molecular weight excluding hydrogens is 346 g/mol. The SMILES string of the molecule is Cn1cc([C@@H]2CN(S(=O)(=O)c3ccc4c(c3)OCO4)C[C@H]2CO)cn1. The lowest BCUT2D eigenvalue weighted by Crippen LogP contribution is -2.29. The number of aryl methyl sites for hydroxylation is 1. The first-order chi connectivity index (χ1) is 12.0. The van der Waals surface area contributed by atoms with Gasteiger partial charge in [-0.05, 0) is 17.7 Å². The second kappa shape index (κ2) is 6.01. The molecule has 2 aliphatic heterocycles. The number of benzene rings is 1. The molecule has 0 aliphatic carbocycles. The molecule has 1 aromatic carbocycles. The third-order valence-corrected chi connectivity index (χ3v) is 6.60. The van der Waals surface area contributed by atoms with Crippen LogP contribution in [0.4, 0.5) is 0 Å². The molecule has 4 rings (SSSR count). The number of aliphatic hydroxyl groups is 1. The number of hydrogen-bond acceptors (Lipinski definition) is 6. The highest BCUT2D eigenvalue weighted by Crippen LogP contribution is 2.38. The van der Waals surface area contributed by atoms with Crippen molar-refractivity contribution >= 4 is 10.0 Å². The molecule has 1 aromatic heterocycles. The summed E-state index contributed by atoms with van der Waals surface area (Å²) in [6, 6.07) is 4.62. The number of aromatic nitrogens is 2. The second-order valence-corrected chi connectivity index (χ2v) is 8.27. The summed E-state index contributed by atoms with van der Waals surface area (Å²) < 4.78 is 39.6. The summed E-state index contributed by atoms with van der Waals surface area (Å²) in [5, 5.41) is 13.9. The Kier molecular flexibility index (Phi) is 3.94. The van der Waals surface area contributed by atoms with Gasteiger partial charge >= 0.3 is 0 Å². The van der Waals surface area contributed by atoms with Crippen molar-refractivity contribution in [2.45, 2.75) is 10.8 Å². The molecule has 0 radical (unpaired) electrons. The predicted octanol–water partition coefficient (Wildman–Crippen LogP) is 0.545. The Hall–Kier alpha value is -2.10. The highest BCUT2D eigenvalue weighted by molar-refractivity contribution is 7.89. The van der Waals surface area contributed by atoms with E-state index in [1.807, 2.05) is 13.2 Å². The summed E-state index contributed by atoms with van der Waals surface area (Å²) in [6.07, 6.45) is 3.59. The van der Waals surface area contributed by atoms with E-state index < -0.39 is 10.0 Å². The molecule has 134 valence electrons. The number of hydrogen-bond donors (Lipinski definition) is 1. The zero-order chi connectivity index (χ0) is 17.6. The summed E-state index contributed by atoms with van der Waals surface area (Å²) in [4.78, 5) is 0.167. The summed E-state index contributed by atoms with van der Waals surface area (Å²) in [5.41, 5.74) is 0.935. The smallest absolute Gasteiger partial charge is 0.243 e. The van der Waals surface area contributed by atoms with Gasteiger partial charge < -0.3 is 14.6 Å². The Morgan fingerprint density at radius 1 is 1.28 bits per heavy atom. The molecule has 0 spiro atoms. The number of sulfonamides is 1. The van der Waals surface area contributed by atoms with Crippen LogP contribution in [0.2, 0.25) is 0 Å². The normalized spacial score (nSPS) is 23.3. The van der Waals surface area contributed by atoms with Gasteiger partial charge in [0.2, 0.25) is 16.8 Å². The van der Waals surface area contributed by atoms with Crippen molar-refractivity contribution in [3.63, 3.8) is 0 Å². The number of fused-ring (bicyclic) bond motifs is 1. The van der Waals surface area contributed by atoms with Crippen molar-refractivity contribution in [1.82, 2.24) is 14.1 Å². The summed E-state index contributed by atoms with van der Waals surface area (Å²) in [5.74, 6) is 0.736. The van der Waals surface area contributed by atoms with Crippen LogP contribution in [0.15, 0.2) is 35.5 Å². The monoisotopic (exact) mass is 365 g/mol. The molecule has 2 aliphatic rings. The molecule has 9 heteroatoms. The summed E-state index contributed by atoms with van der Waals surface area (Å²) in [6.45, 7) is 0.603. The van der Waals surface area contributed by atoms with Gasteiger partial charge in [-0.15, -0.1) is 0 Å². The fourth-order valence-corrected chi connectivity index (χ4v) is 4.95. The third kappa shape index (κ3) is 2.78. The maximum atomic E-state index is 13.0. The van der Waals surface area contributed by atoms with Crippen molar-refractivity contribution in [3.8, 4) is 11.5 Å². The van der Waals surface area contributed by atoms with Crippen LogP contribution in [-0.2, 0) is 17.1 Å². The van der Waals surface area contributed by atoms with Crippen LogP contribution in [0.1, 0.15) is 11.5 Å². The van der Waals surface area contributed by atoms with E-state index in [0.717, 1.165) is 5.56 Å². The van der Waals surface area contributed by atoms with Gasteiger partial charge in [0.1, 0.15) is 0 Å². The van der Waals surface area contributed by atoms with E-state index in [2.05, 4.69) is 5.10 Å².